The molecule has 0 bridgehead atoms. The summed E-state index contributed by atoms with van der Waals surface area (Å²) in [4.78, 5) is 38.0. The molecule has 0 saturated carbocycles. The number of hydrogen-bond acceptors (Lipinski definition) is 6. The molecule has 1 atom stereocenters. The molecule has 0 spiro atoms. The quantitative estimate of drug-likeness (QED) is 0.0262. The monoisotopic (exact) mass is 921 g/mol. The highest BCUT2D eigenvalue weighted by molar-refractivity contribution is 5.71. The van der Waals surface area contributed by atoms with E-state index in [2.05, 4.69) is 93.7 Å². The first kappa shape index (κ1) is 62.8. The predicted octanol–water partition coefficient (Wildman–Crippen LogP) is 18.6. The molecule has 0 rings (SSSR count). The Morgan fingerprint density at radius 2 is 0.545 bits per heavy atom. The lowest BCUT2D eigenvalue weighted by Gasteiger charge is -2.18. The fourth-order valence-electron chi connectivity index (χ4n) is 7.69. The standard InChI is InChI=1S/C60H104O6/c1-4-7-10-13-16-19-21-23-25-27-29-30-32-33-35-37-39-41-44-47-50-53-59(62)65-56-57(55-64-58(61)52-49-46-43-18-15-12-9-6-3)66-60(63)54-51-48-45-42-40-38-36-34-31-28-26-24-22-20-17-14-11-8-5-2/h17,20-21,23-24,26-27,29,31-34,57H,4-16,18-19,22,25,28,30,35-56H2,1-3H3/b20-17-,23-21-,26-24-,29-27-,33-32-,34-31-. The van der Waals surface area contributed by atoms with Gasteiger partial charge in [-0.15, -0.1) is 0 Å². The minimum absolute atomic E-state index is 0.0843. The molecular formula is C60H104O6. The minimum Gasteiger partial charge on any atom is -0.462 e. The molecule has 0 aliphatic rings. The first-order valence-corrected chi connectivity index (χ1v) is 27.9. The van der Waals surface area contributed by atoms with Crippen LogP contribution in [0.4, 0.5) is 0 Å². The highest BCUT2D eigenvalue weighted by Gasteiger charge is 2.19. The van der Waals surface area contributed by atoms with Crippen molar-refractivity contribution in [1.29, 1.82) is 0 Å². The zero-order valence-corrected chi connectivity index (χ0v) is 43.4. The van der Waals surface area contributed by atoms with Gasteiger partial charge in [0, 0.05) is 19.3 Å². The summed E-state index contributed by atoms with van der Waals surface area (Å²) in [5.41, 5.74) is 0. The van der Waals surface area contributed by atoms with Gasteiger partial charge in [-0.2, -0.15) is 0 Å². The third-order valence-electron chi connectivity index (χ3n) is 11.9. The molecular weight excluding hydrogens is 817 g/mol. The van der Waals surface area contributed by atoms with Crippen molar-refractivity contribution in [2.45, 2.75) is 277 Å². The summed E-state index contributed by atoms with van der Waals surface area (Å²) in [6, 6.07) is 0. The minimum atomic E-state index is -0.786. The summed E-state index contributed by atoms with van der Waals surface area (Å²) < 4.78 is 16.8. The maximum absolute atomic E-state index is 12.8. The van der Waals surface area contributed by atoms with Crippen LogP contribution in [0.2, 0.25) is 0 Å². The molecule has 0 aliphatic carbocycles. The third kappa shape index (κ3) is 51.8. The van der Waals surface area contributed by atoms with Crippen molar-refractivity contribution in [2.75, 3.05) is 13.2 Å². The van der Waals surface area contributed by atoms with E-state index in [1.807, 2.05) is 0 Å². The molecule has 1 unspecified atom stereocenters. The van der Waals surface area contributed by atoms with E-state index >= 15 is 0 Å². The van der Waals surface area contributed by atoms with Gasteiger partial charge < -0.3 is 14.2 Å². The van der Waals surface area contributed by atoms with Crippen LogP contribution in [0.5, 0.6) is 0 Å². The Labute approximate surface area is 408 Å². The van der Waals surface area contributed by atoms with Gasteiger partial charge in [-0.05, 0) is 96.3 Å². The molecule has 6 nitrogen and oxygen atoms in total. The number of rotatable bonds is 50. The molecule has 66 heavy (non-hydrogen) atoms. The van der Waals surface area contributed by atoms with Crippen molar-refractivity contribution in [3.05, 3.63) is 72.9 Å². The van der Waals surface area contributed by atoms with Crippen molar-refractivity contribution in [3.63, 3.8) is 0 Å². The Morgan fingerprint density at radius 3 is 0.879 bits per heavy atom. The smallest absolute Gasteiger partial charge is 0.306 e. The van der Waals surface area contributed by atoms with Crippen LogP contribution in [-0.4, -0.2) is 37.2 Å². The van der Waals surface area contributed by atoms with Gasteiger partial charge in [-0.3, -0.25) is 14.4 Å². The lowest BCUT2D eigenvalue weighted by Crippen LogP contribution is -2.30. The Hall–Kier alpha value is -3.15. The first-order chi connectivity index (χ1) is 32.5. The largest absolute Gasteiger partial charge is 0.462 e. The third-order valence-corrected chi connectivity index (χ3v) is 11.9. The van der Waals surface area contributed by atoms with Crippen molar-refractivity contribution >= 4 is 17.9 Å². The van der Waals surface area contributed by atoms with Crippen LogP contribution in [0.1, 0.15) is 271 Å². The molecule has 0 aromatic heterocycles. The molecule has 380 valence electrons. The Kier molecular flexibility index (Phi) is 51.9. The van der Waals surface area contributed by atoms with Crippen molar-refractivity contribution in [1.82, 2.24) is 0 Å². The summed E-state index contributed by atoms with van der Waals surface area (Å²) in [6.07, 6.45) is 68.9. The number of unbranched alkanes of at least 4 members (excludes halogenated alkanes) is 27. The van der Waals surface area contributed by atoms with E-state index in [1.165, 1.54) is 128 Å². The van der Waals surface area contributed by atoms with Gasteiger partial charge >= 0.3 is 17.9 Å². The van der Waals surface area contributed by atoms with Crippen LogP contribution < -0.4 is 0 Å². The van der Waals surface area contributed by atoms with E-state index in [0.29, 0.717) is 19.3 Å². The maximum Gasteiger partial charge on any atom is 0.306 e. The van der Waals surface area contributed by atoms with E-state index < -0.39 is 6.10 Å². The Bertz CT molecular complexity index is 1240. The van der Waals surface area contributed by atoms with Crippen LogP contribution in [0, 0.1) is 0 Å². The molecule has 0 aliphatic heterocycles. The van der Waals surface area contributed by atoms with Gasteiger partial charge in [0.1, 0.15) is 13.2 Å². The van der Waals surface area contributed by atoms with Gasteiger partial charge in [0.05, 0.1) is 0 Å². The van der Waals surface area contributed by atoms with Crippen LogP contribution in [-0.2, 0) is 28.6 Å². The van der Waals surface area contributed by atoms with Crippen molar-refractivity contribution in [3.8, 4) is 0 Å². The molecule has 0 N–H and O–H groups in total. The molecule has 0 aromatic carbocycles. The maximum atomic E-state index is 12.8. The van der Waals surface area contributed by atoms with Gasteiger partial charge in [0.25, 0.3) is 0 Å². The predicted molar refractivity (Wildman–Crippen MR) is 284 cm³/mol. The molecule has 6 heteroatoms. The van der Waals surface area contributed by atoms with Crippen molar-refractivity contribution in [2.24, 2.45) is 0 Å². The van der Waals surface area contributed by atoms with Crippen LogP contribution in [0.25, 0.3) is 0 Å². The normalized spacial score (nSPS) is 12.6. The molecule has 0 fully saturated rings. The summed E-state index contributed by atoms with van der Waals surface area (Å²) in [5, 5.41) is 0. The van der Waals surface area contributed by atoms with Gasteiger partial charge in [0.2, 0.25) is 0 Å². The number of carbonyl (C=O) groups excluding carboxylic acids is 3. The van der Waals surface area contributed by atoms with Gasteiger partial charge in [0.15, 0.2) is 6.10 Å². The highest BCUT2D eigenvalue weighted by Crippen LogP contribution is 2.14. The van der Waals surface area contributed by atoms with E-state index in [0.717, 1.165) is 103 Å². The second-order valence-corrected chi connectivity index (χ2v) is 18.5. The first-order valence-electron chi connectivity index (χ1n) is 27.9. The summed E-state index contributed by atoms with van der Waals surface area (Å²) in [6.45, 7) is 6.56. The number of hydrogen-bond donors (Lipinski definition) is 0. The highest BCUT2D eigenvalue weighted by atomic mass is 16.6. The Balaban J connectivity index is 4.31. The van der Waals surface area contributed by atoms with Crippen LogP contribution in [0.3, 0.4) is 0 Å². The van der Waals surface area contributed by atoms with Gasteiger partial charge in [-0.25, -0.2) is 0 Å². The lowest BCUT2D eigenvalue weighted by atomic mass is 10.1. The topological polar surface area (TPSA) is 78.9 Å². The molecule has 0 aromatic rings. The van der Waals surface area contributed by atoms with E-state index in [9.17, 15) is 14.4 Å². The lowest BCUT2D eigenvalue weighted by molar-refractivity contribution is -0.167. The van der Waals surface area contributed by atoms with Crippen LogP contribution in [0.15, 0.2) is 72.9 Å². The summed E-state index contributed by atoms with van der Waals surface area (Å²) in [7, 11) is 0. The number of esters is 3. The summed E-state index contributed by atoms with van der Waals surface area (Å²) >= 11 is 0. The number of allylic oxidation sites excluding steroid dienone is 12. The zero-order valence-electron chi connectivity index (χ0n) is 43.4. The Morgan fingerprint density at radius 1 is 0.303 bits per heavy atom. The second kappa shape index (κ2) is 54.5. The average Bonchev–Trinajstić information content (AvgIpc) is 3.31. The van der Waals surface area contributed by atoms with E-state index in [4.69, 9.17) is 14.2 Å². The van der Waals surface area contributed by atoms with Gasteiger partial charge in [-0.1, -0.05) is 229 Å². The fraction of sp³-hybridized carbons (Fsp3) is 0.750. The zero-order chi connectivity index (χ0) is 47.9. The van der Waals surface area contributed by atoms with Crippen molar-refractivity contribution < 1.29 is 28.6 Å². The number of ether oxygens (including phenoxy) is 3. The number of carbonyl (C=O) groups is 3. The second-order valence-electron chi connectivity index (χ2n) is 18.5. The fourth-order valence-corrected chi connectivity index (χ4v) is 7.69. The van der Waals surface area contributed by atoms with E-state index in [1.54, 1.807) is 0 Å². The average molecular weight is 921 g/mol. The molecule has 0 amide bonds. The summed E-state index contributed by atoms with van der Waals surface area (Å²) in [5.74, 6) is -0.910. The SMILES string of the molecule is CCCCC/C=C\C/C=C\C/C=C\CCCCCCCCC(=O)OC(COC(=O)CCCCCCCC/C=C\C/C=C\C/C=C\CCCCCCC)COC(=O)CCCCCCCCCC. The molecule has 0 saturated heterocycles. The van der Waals surface area contributed by atoms with Crippen LogP contribution >= 0.6 is 0 Å². The molecule has 0 radical (unpaired) electrons. The van der Waals surface area contributed by atoms with E-state index in [-0.39, 0.29) is 31.1 Å². The molecule has 0 heterocycles.